The predicted octanol–water partition coefficient (Wildman–Crippen LogP) is 3.22. The van der Waals surface area contributed by atoms with Crippen LogP contribution in [0.2, 0.25) is 0 Å². The van der Waals surface area contributed by atoms with Crippen LogP contribution in [0.15, 0.2) is 40.9 Å². The summed E-state index contributed by atoms with van der Waals surface area (Å²) in [5, 5.41) is 18.0. The Kier molecular flexibility index (Phi) is 4.75. The molecule has 6 nitrogen and oxygen atoms in total. The molecular weight excluding hydrogens is 318 g/mol. The molecule has 0 aliphatic rings. The first kappa shape index (κ1) is 16.7. The highest BCUT2D eigenvalue weighted by Gasteiger charge is 2.31. The monoisotopic (exact) mass is 335 g/mol. The van der Waals surface area contributed by atoms with Crippen LogP contribution >= 0.6 is 0 Å². The second kappa shape index (κ2) is 7.14. The molecule has 0 radical (unpaired) electrons. The zero-order valence-corrected chi connectivity index (χ0v) is 13.8. The van der Waals surface area contributed by atoms with E-state index in [0.717, 1.165) is 23.6 Å². The minimum Gasteiger partial charge on any atom is -0.355 e. The van der Waals surface area contributed by atoms with Gasteiger partial charge in [0.2, 0.25) is 11.7 Å². The van der Waals surface area contributed by atoms with Crippen LogP contribution in [0, 0.1) is 17.2 Å². The molecule has 0 aliphatic heterocycles. The van der Waals surface area contributed by atoms with Crippen LogP contribution in [0.25, 0.3) is 21.7 Å². The van der Waals surface area contributed by atoms with Gasteiger partial charge >= 0.3 is 0 Å². The van der Waals surface area contributed by atoms with Gasteiger partial charge in [0, 0.05) is 11.9 Å². The van der Waals surface area contributed by atoms with Gasteiger partial charge in [-0.15, -0.1) is 0 Å². The fourth-order valence-electron chi connectivity index (χ4n) is 2.71. The van der Waals surface area contributed by atoms with E-state index in [2.05, 4.69) is 10.5 Å². The van der Waals surface area contributed by atoms with E-state index in [1.807, 2.05) is 37.3 Å². The molecule has 1 atom stereocenters. The Bertz CT molecular complexity index is 984. The number of Topliss-reactive ketones (excluding diaryl/α,β-unsaturated/α-hetero) is 1. The Hall–Kier alpha value is -3.20. The molecule has 1 N–H and O–H groups in total. The van der Waals surface area contributed by atoms with Gasteiger partial charge in [0.1, 0.15) is 0 Å². The van der Waals surface area contributed by atoms with Crippen molar-refractivity contribution in [1.82, 2.24) is 10.5 Å². The molecule has 3 rings (SSSR count). The summed E-state index contributed by atoms with van der Waals surface area (Å²) in [6.45, 7) is 2.43. The zero-order valence-electron chi connectivity index (χ0n) is 13.8. The van der Waals surface area contributed by atoms with Crippen molar-refractivity contribution < 1.29 is 14.1 Å². The van der Waals surface area contributed by atoms with E-state index in [-0.39, 0.29) is 5.69 Å². The van der Waals surface area contributed by atoms with Crippen LogP contribution in [0.1, 0.15) is 30.3 Å². The summed E-state index contributed by atoms with van der Waals surface area (Å²) in [5.41, 5.74) is 0.488. The summed E-state index contributed by atoms with van der Waals surface area (Å²) in [6.07, 6.45) is 1.70. The Balaban J connectivity index is 1.95. The lowest BCUT2D eigenvalue weighted by Gasteiger charge is -2.07. The molecular formula is C19H17N3O3. The van der Waals surface area contributed by atoms with E-state index >= 15 is 0 Å². The molecule has 0 bridgehead atoms. The normalized spacial score (nSPS) is 12.0. The number of hydrogen-bond donors (Lipinski definition) is 1. The average molecular weight is 335 g/mol. The van der Waals surface area contributed by atoms with Gasteiger partial charge in [0.05, 0.1) is 11.5 Å². The minimum absolute atomic E-state index is 0.0120. The van der Waals surface area contributed by atoms with Crippen molar-refractivity contribution in [1.29, 1.82) is 5.26 Å². The van der Waals surface area contributed by atoms with Gasteiger partial charge in [-0.25, -0.2) is 0 Å². The Morgan fingerprint density at radius 2 is 2.04 bits per heavy atom. The van der Waals surface area contributed by atoms with Crippen molar-refractivity contribution in [3.05, 3.63) is 42.1 Å². The van der Waals surface area contributed by atoms with E-state index in [1.165, 1.54) is 0 Å². The second-order valence-corrected chi connectivity index (χ2v) is 5.77. The number of carbonyl (C=O) groups excluding carboxylic acids is 2. The van der Waals surface area contributed by atoms with Gasteiger partial charge in [0.25, 0.3) is 0 Å². The fraction of sp³-hybridized carbons (Fsp3) is 0.263. The number of nitriles is 1. The number of rotatable bonds is 6. The summed E-state index contributed by atoms with van der Waals surface area (Å²) >= 11 is 0. The van der Waals surface area contributed by atoms with E-state index in [0.29, 0.717) is 17.5 Å². The fourth-order valence-corrected chi connectivity index (χ4v) is 2.71. The Morgan fingerprint density at radius 3 is 2.80 bits per heavy atom. The lowest BCUT2D eigenvalue weighted by Crippen LogP contribution is -2.35. The summed E-state index contributed by atoms with van der Waals surface area (Å²) in [5.74, 6) is -2.68. The van der Waals surface area contributed by atoms with Crippen LogP contribution in [0.4, 0.5) is 0 Å². The number of benzene rings is 2. The van der Waals surface area contributed by atoms with Crippen molar-refractivity contribution >= 4 is 33.4 Å². The lowest BCUT2D eigenvalue weighted by atomic mass is 9.98. The first-order chi connectivity index (χ1) is 12.2. The van der Waals surface area contributed by atoms with Crippen molar-refractivity contribution in [3.63, 3.8) is 0 Å². The standard InChI is InChI=1S/C19H17N3O3/c1-2-3-10-21-19(24)15(11-20)17(23)16-14-9-8-12-6-4-5-7-13(12)18(14)25-22-16/h4-9,15H,2-3,10H2,1H3,(H,21,24). The number of unbranched alkanes of at least 4 members (excludes halogenated alkanes) is 1. The minimum atomic E-state index is -1.43. The number of ketones is 1. The maximum Gasteiger partial charge on any atom is 0.245 e. The first-order valence-electron chi connectivity index (χ1n) is 8.16. The molecule has 0 fully saturated rings. The highest BCUT2D eigenvalue weighted by atomic mass is 16.5. The van der Waals surface area contributed by atoms with Crippen LogP contribution in [-0.4, -0.2) is 23.4 Å². The van der Waals surface area contributed by atoms with Crippen LogP contribution in [0.5, 0.6) is 0 Å². The van der Waals surface area contributed by atoms with Crippen LogP contribution in [0.3, 0.4) is 0 Å². The van der Waals surface area contributed by atoms with E-state index < -0.39 is 17.6 Å². The van der Waals surface area contributed by atoms with Gasteiger partial charge in [-0.3, -0.25) is 9.59 Å². The number of amides is 1. The van der Waals surface area contributed by atoms with Gasteiger partial charge in [-0.1, -0.05) is 48.8 Å². The third-order valence-electron chi connectivity index (χ3n) is 4.08. The third kappa shape index (κ3) is 3.09. The topological polar surface area (TPSA) is 96.0 Å². The second-order valence-electron chi connectivity index (χ2n) is 5.77. The average Bonchev–Trinajstić information content (AvgIpc) is 3.07. The van der Waals surface area contributed by atoms with E-state index in [1.54, 1.807) is 12.1 Å². The lowest BCUT2D eigenvalue weighted by molar-refractivity contribution is -0.122. The summed E-state index contributed by atoms with van der Waals surface area (Å²) in [4.78, 5) is 24.8. The van der Waals surface area contributed by atoms with Gasteiger partial charge in [-0.05, 0) is 17.9 Å². The molecule has 1 amide bonds. The maximum absolute atomic E-state index is 12.7. The SMILES string of the molecule is CCCCNC(=O)C(C#N)C(=O)c1noc2c1ccc1ccccc12. The molecule has 0 aliphatic carbocycles. The molecule has 126 valence electrons. The highest BCUT2D eigenvalue weighted by Crippen LogP contribution is 2.28. The van der Waals surface area contributed by atoms with Crippen molar-refractivity contribution in [2.45, 2.75) is 19.8 Å². The van der Waals surface area contributed by atoms with Gasteiger partial charge in [0.15, 0.2) is 17.2 Å². The molecule has 25 heavy (non-hydrogen) atoms. The largest absolute Gasteiger partial charge is 0.355 e. The zero-order chi connectivity index (χ0) is 17.8. The number of nitrogens with one attached hydrogen (secondary N) is 1. The Labute approximate surface area is 144 Å². The van der Waals surface area contributed by atoms with Crippen molar-refractivity contribution in [2.75, 3.05) is 6.54 Å². The molecule has 3 aromatic rings. The van der Waals surface area contributed by atoms with Crippen molar-refractivity contribution in [3.8, 4) is 6.07 Å². The molecule has 1 aromatic heterocycles. The number of nitrogens with zero attached hydrogens (tertiary/aromatic N) is 2. The van der Waals surface area contributed by atoms with E-state index in [4.69, 9.17) is 4.52 Å². The molecule has 0 saturated carbocycles. The third-order valence-corrected chi connectivity index (χ3v) is 4.08. The number of carbonyl (C=O) groups is 2. The molecule has 2 aromatic carbocycles. The smallest absolute Gasteiger partial charge is 0.245 e. The summed E-state index contributed by atoms with van der Waals surface area (Å²) < 4.78 is 5.34. The van der Waals surface area contributed by atoms with Gasteiger partial charge in [-0.2, -0.15) is 5.26 Å². The van der Waals surface area contributed by atoms with Crippen LogP contribution < -0.4 is 5.32 Å². The predicted molar refractivity (Wildman–Crippen MR) is 92.9 cm³/mol. The quantitative estimate of drug-likeness (QED) is 0.424. The molecule has 6 heteroatoms. The van der Waals surface area contributed by atoms with Crippen LogP contribution in [-0.2, 0) is 4.79 Å². The highest BCUT2D eigenvalue weighted by molar-refractivity contribution is 6.18. The first-order valence-corrected chi connectivity index (χ1v) is 8.16. The summed E-state index contributed by atoms with van der Waals surface area (Å²) in [6, 6.07) is 12.9. The molecule has 0 spiro atoms. The maximum atomic E-state index is 12.7. The van der Waals surface area contributed by atoms with Crippen molar-refractivity contribution in [2.24, 2.45) is 5.92 Å². The number of hydrogen-bond acceptors (Lipinski definition) is 5. The van der Waals surface area contributed by atoms with Gasteiger partial charge < -0.3 is 9.84 Å². The molecule has 1 heterocycles. The number of aromatic nitrogens is 1. The molecule has 1 unspecified atom stereocenters. The summed E-state index contributed by atoms with van der Waals surface area (Å²) in [7, 11) is 0. The van der Waals surface area contributed by atoms with E-state index in [9.17, 15) is 14.9 Å². The number of fused-ring (bicyclic) bond motifs is 3. The Morgan fingerprint density at radius 1 is 1.24 bits per heavy atom. The molecule has 0 saturated heterocycles.